The summed E-state index contributed by atoms with van der Waals surface area (Å²) in [6, 6.07) is 9.58. The summed E-state index contributed by atoms with van der Waals surface area (Å²) in [5, 5.41) is 0. The van der Waals surface area contributed by atoms with Crippen molar-refractivity contribution in [3.05, 3.63) is 30.3 Å². The first-order valence-electron chi connectivity index (χ1n) is 6.59. The topological polar surface area (TPSA) is 64.8 Å². The molecular weight excluding hydrogens is 244 g/mol. The molecule has 1 unspecified atom stereocenters. The van der Waals surface area contributed by atoms with Gasteiger partial charge in [0.1, 0.15) is 0 Å². The van der Waals surface area contributed by atoms with Crippen LogP contribution >= 0.6 is 0 Å². The van der Waals surface area contributed by atoms with Crippen molar-refractivity contribution in [1.29, 1.82) is 0 Å². The van der Waals surface area contributed by atoms with Crippen LogP contribution in [0.2, 0.25) is 0 Å². The molecule has 0 saturated carbocycles. The lowest BCUT2D eigenvalue weighted by Gasteiger charge is -2.29. The first kappa shape index (κ1) is 14.0. The van der Waals surface area contributed by atoms with Gasteiger partial charge in [0.15, 0.2) is 6.10 Å². The molecule has 0 spiro atoms. The van der Waals surface area contributed by atoms with Gasteiger partial charge in [-0.15, -0.1) is 0 Å². The van der Waals surface area contributed by atoms with Crippen molar-refractivity contribution < 1.29 is 14.3 Å². The molecule has 1 saturated heterocycles. The smallest absolute Gasteiger partial charge is 0.258 e. The van der Waals surface area contributed by atoms with Crippen LogP contribution in [0.25, 0.3) is 0 Å². The molecular formula is C14H20N2O3. The number of benzene rings is 1. The van der Waals surface area contributed by atoms with Crippen LogP contribution < -0.4 is 10.6 Å². The Balaban J connectivity index is 2.10. The number of carbonyl (C=O) groups is 1. The summed E-state index contributed by atoms with van der Waals surface area (Å²) in [7, 11) is 0. The van der Waals surface area contributed by atoms with Gasteiger partial charge in [0.2, 0.25) is 0 Å². The average molecular weight is 264 g/mol. The molecule has 1 amide bonds. The lowest BCUT2D eigenvalue weighted by Crippen LogP contribution is -2.46. The van der Waals surface area contributed by atoms with Gasteiger partial charge in [0.05, 0.1) is 19.8 Å². The van der Waals surface area contributed by atoms with Gasteiger partial charge in [-0.3, -0.25) is 4.79 Å². The minimum atomic E-state index is -0.508. The molecule has 5 nitrogen and oxygen atoms in total. The van der Waals surface area contributed by atoms with Gasteiger partial charge >= 0.3 is 0 Å². The fourth-order valence-electron chi connectivity index (χ4n) is 2.03. The quantitative estimate of drug-likeness (QED) is 0.853. The van der Waals surface area contributed by atoms with Crippen LogP contribution in [0.15, 0.2) is 30.3 Å². The number of hydrogen-bond donors (Lipinski definition) is 1. The summed E-state index contributed by atoms with van der Waals surface area (Å²) < 4.78 is 10.8. The van der Waals surface area contributed by atoms with Crippen LogP contribution in [0.3, 0.4) is 0 Å². The van der Waals surface area contributed by atoms with Gasteiger partial charge in [-0.25, -0.2) is 0 Å². The zero-order chi connectivity index (χ0) is 13.5. The maximum absolute atomic E-state index is 12.5. The molecule has 0 aliphatic carbocycles. The number of amides is 1. The van der Waals surface area contributed by atoms with Crippen molar-refractivity contribution in [2.24, 2.45) is 5.73 Å². The molecule has 2 rings (SSSR count). The zero-order valence-electron chi connectivity index (χ0n) is 11.0. The summed E-state index contributed by atoms with van der Waals surface area (Å²) in [6.07, 6.45) is 0.250. The van der Waals surface area contributed by atoms with E-state index in [0.29, 0.717) is 32.9 Å². The normalized spacial score (nSPS) is 19.1. The van der Waals surface area contributed by atoms with Crippen molar-refractivity contribution in [2.45, 2.75) is 12.5 Å². The van der Waals surface area contributed by atoms with E-state index in [2.05, 4.69) is 0 Å². The second-order valence-corrected chi connectivity index (χ2v) is 4.40. The molecule has 1 aromatic carbocycles. The lowest BCUT2D eigenvalue weighted by atomic mass is 10.2. The van der Waals surface area contributed by atoms with Crippen LogP contribution in [0.5, 0.6) is 0 Å². The highest BCUT2D eigenvalue weighted by Crippen LogP contribution is 2.17. The van der Waals surface area contributed by atoms with Gasteiger partial charge in [-0.05, 0) is 25.1 Å². The first-order chi connectivity index (χ1) is 9.33. The van der Waals surface area contributed by atoms with E-state index in [-0.39, 0.29) is 5.91 Å². The monoisotopic (exact) mass is 264 g/mol. The molecule has 104 valence electrons. The Morgan fingerprint density at radius 2 is 2.11 bits per heavy atom. The number of nitrogens with zero attached hydrogens (tertiary/aromatic N) is 1. The second kappa shape index (κ2) is 7.23. The summed E-state index contributed by atoms with van der Waals surface area (Å²) in [6.45, 7) is 2.50. The predicted molar refractivity (Wildman–Crippen MR) is 73.0 cm³/mol. The Bertz CT molecular complexity index is 391. The van der Waals surface area contributed by atoms with Gasteiger partial charge in [-0.2, -0.15) is 0 Å². The van der Waals surface area contributed by atoms with E-state index in [0.717, 1.165) is 12.1 Å². The van der Waals surface area contributed by atoms with Crippen molar-refractivity contribution >= 4 is 11.6 Å². The molecule has 1 aliphatic rings. The number of hydrogen-bond acceptors (Lipinski definition) is 4. The van der Waals surface area contributed by atoms with E-state index in [1.807, 2.05) is 30.3 Å². The van der Waals surface area contributed by atoms with Gasteiger partial charge in [0, 0.05) is 12.2 Å². The third kappa shape index (κ3) is 3.76. The molecule has 0 aromatic heterocycles. The minimum Gasteiger partial charge on any atom is -0.376 e. The highest BCUT2D eigenvalue weighted by molar-refractivity contribution is 5.96. The average Bonchev–Trinajstić information content (AvgIpc) is 2.49. The minimum absolute atomic E-state index is 0.0562. The SMILES string of the molecule is NCCCN(C(=O)C1COCCO1)c1ccccc1. The van der Waals surface area contributed by atoms with Crippen molar-refractivity contribution in [3.8, 4) is 0 Å². The van der Waals surface area contributed by atoms with Crippen LogP contribution in [0, 0.1) is 0 Å². The van der Waals surface area contributed by atoms with Gasteiger partial charge < -0.3 is 20.1 Å². The largest absolute Gasteiger partial charge is 0.376 e. The Hall–Kier alpha value is -1.43. The third-order valence-electron chi connectivity index (χ3n) is 3.01. The fourth-order valence-corrected chi connectivity index (χ4v) is 2.03. The Morgan fingerprint density at radius 3 is 2.74 bits per heavy atom. The number of carbonyl (C=O) groups excluding carboxylic acids is 1. The number of rotatable bonds is 5. The molecule has 1 aromatic rings. The predicted octanol–water partition coefficient (Wildman–Crippen LogP) is 0.784. The third-order valence-corrected chi connectivity index (χ3v) is 3.01. The first-order valence-corrected chi connectivity index (χ1v) is 6.59. The molecule has 1 aliphatic heterocycles. The maximum atomic E-state index is 12.5. The molecule has 1 fully saturated rings. The summed E-state index contributed by atoms with van der Waals surface area (Å²) in [5.41, 5.74) is 6.41. The van der Waals surface area contributed by atoms with Crippen molar-refractivity contribution in [1.82, 2.24) is 0 Å². The fraction of sp³-hybridized carbons (Fsp3) is 0.500. The molecule has 0 radical (unpaired) electrons. The Labute approximate surface area is 113 Å². The van der Waals surface area contributed by atoms with E-state index in [1.54, 1.807) is 4.90 Å². The van der Waals surface area contributed by atoms with Crippen LogP contribution in [-0.4, -0.2) is 44.9 Å². The van der Waals surface area contributed by atoms with E-state index in [4.69, 9.17) is 15.2 Å². The summed E-state index contributed by atoms with van der Waals surface area (Å²) >= 11 is 0. The molecule has 2 N–H and O–H groups in total. The Kier molecular flexibility index (Phi) is 5.32. The van der Waals surface area contributed by atoms with E-state index in [1.165, 1.54) is 0 Å². The molecule has 1 heterocycles. The molecule has 19 heavy (non-hydrogen) atoms. The van der Waals surface area contributed by atoms with Gasteiger partial charge in [-0.1, -0.05) is 18.2 Å². The molecule has 1 atom stereocenters. The lowest BCUT2D eigenvalue weighted by molar-refractivity contribution is -0.144. The number of anilines is 1. The Morgan fingerprint density at radius 1 is 1.32 bits per heavy atom. The maximum Gasteiger partial charge on any atom is 0.258 e. The zero-order valence-corrected chi connectivity index (χ0v) is 11.0. The second-order valence-electron chi connectivity index (χ2n) is 4.40. The van der Waals surface area contributed by atoms with E-state index in [9.17, 15) is 4.79 Å². The van der Waals surface area contributed by atoms with Crippen LogP contribution in [-0.2, 0) is 14.3 Å². The molecule has 5 heteroatoms. The highest BCUT2D eigenvalue weighted by atomic mass is 16.6. The van der Waals surface area contributed by atoms with Crippen molar-refractivity contribution in [2.75, 3.05) is 37.8 Å². The summed E-state index contributed by atoms with van der Waals surface area (Å²) in [4.78, 5) is 14.2. The number of ether oxygens (including phenoxy) is 2. The number of para-hydroxylation sites is 1. The highest BCUT2D eigenvalue weighted by Gasteiger charge is 2.28. The van der Waals surface area contributed by atoms with Crippen LogP contribution in [0.1, 0.15) is 6.42 Å². The molecule has 0 bridgehead atoms. The standard InChI is InChI=1S/C14H20N2O3/c15-7-4-8-16(12-5-2-1-3-6-12)14(17)13-11-18-9-10-19-13/h1-3,5-6,13H,4,7-11,15H2. The van der Waals surface area contributed by atoms with Crippen molar-refractivity contribution in [3.63, 3.8) is 0 Å². The number of nitrogens with two attached hydrogens (primary N) is 1. The van der Waals surface area contributed by atoms with Gasteiger partial charge in [0.25, 0.3) is 5.91 Å². The summed E-state index contributed by atoms with van der Waals surface area (Å²) in [5.74, 6) is -0.0562. The van der Waals surface area contributed by atoms with E-state index >= 15 is 0 Å². The van der Waals surface area contributed by atoms with E-state index < -0.39 is 6.10 Å². The van der Waals surface area contributed by atoms with Crippen LogP contribution in [0.4, 0.5) is 5.69 Å².